The number of aromatic amines is 1. The van der Waals surface area contributed by atoms with Gasteiger partial charge < -0.3 is 0 Å². The van der Waals surface area contributed by atoms with E-state index in [1.165, 1.54) is 10.0 Å². The summed E-state index contributed by atoms with van der Waals surface area (Å²) in [5.41, 5.74) is 3.12. The van der Waals surface area contributed by atoms with E-state index < -0.39 is 0 Å². The molecule has 0 aliphatic carbocycles. The molecule has 0 bridgehead atoms. The third-order valence-electron chi connectivity index (χ3n) is 3.38. The standard InChI is InChI=1S/C17H16N2OSe/c1-18-17(20)13-8-5-9-14-16(13)15(10-19-14)21-11-12-6-3-2-4-7-12/h2-10,19H,11H2,1H3,(H,18,20). The van der Waals surface area contributed by atoms with Gasteiger partial charge in [0.2, 0.25) is 0 Å². The molecule has 0 fully saturated rings. The zero-order valence-corrected chi connectivity index (χ0v) is 13.4. The minimum absolute atomic E-state index is 0.0306. The average molecular weight is 343 g/mol. The Morgan fingerprint density at radius 3 is 2.71 bits per heavy atom. The van der Waals surface area contributed by atoms with Crippen molar-refractivity contribution in [3.05, 3.63) is 65.9 Å². The number of benzene rings is 2. The van der Waals surface area contributed by atoms with Gasteiger partial charge in [0.05, 0.1) is 0 Å². The summed E-state index contributed by atoms with van der Waals surface area (Å²) in [5, 5.41) is 4.81. The van der Waals surface area contributed by atoms with Crippen molar-refractivity contribution in [2.75, 3.05) is 7.05 Å². The van der Waals surface area contributed by atoms with Crippen LogP contribution in [0.3, 0.4) is 0 Å². The molecular formula is C17H16N2OSe. The fourth-order valence-electron chi connectivity index (χ4n) is 2.33. The van der Waals surface area contributed by atoms with Gasteiger partial charge in [-0.05, 0) is 0 Å². The van der Waals surface area contributed by atoms with Gasteiger partial charge in [-0.15, -0.1) is 0 Å². The first-order valence-corrected chi connectivity index (χ1v) is 8.85. The Bertz CT molecular complexity index is 765. The van der Waals surface area contributed by atoms with Crippen LogP contribution in [0.15, 0.2) is 54.7 Å². The zero-order valence-electron chi connectivity index (χ0n) is 11.7. The number of hydrogen-bond acceptors (Lipinski definition) is 1. The Kier molecular flexibility index (Phi) is 4.09. The van der Waals surface area contributed by atoms with E-state index in [2.05, 4.69) is 34.6 Å². The predicted molar refractivity (Wildman–Crippen MR) is 87.2 cm³/mol. The van der Waals surface area contributed by atoms with Gasteiger partial charge in [0.25, 0.3) is 0 Å². The summed E-state index contributed by atoms with van der Waals surface area (Å²) in [5.74, 6) is -0.0306. The molecule has 0 aliphatic rings. The number of amides is 1. The number of fused-ring (bicyclic) bond motifs is 1. The van der Waals surface area contributed by atoms with Crippen LogP contribution in [0.25, 0.3) is 10.9 Å². The fourth-order valence-corrected chi connectivity index (χ4v) is 4.47. The first-order valence-electron chi connectivity index (χ1n) is 6.78. The summed E-state index contributed by atoms with van der Waals surface area (Å²) >= 11 is 0.295. The van der Waals surface area contributed by atoms with Crippen molar-refractivity contribution in [3.8, 4) is 0 Å². The SMILES string of the molecule is CNC(=O)c1cccc2[nH]cc([Se]Cc3ccccc3)c12. The van der Waals surface area contributed by atoms with Crippen LogP contribution in [0.5, 0.6) is 0 Å². The van der Waals surface area contributed by atoms with Gasteiger partial charge in [-0.25, -0.2) is 0 Å². The molecule has 0 radical (unpaired) electrons. The van der Waals surface area contributed by atoms with E-state index in [-0.39, 0.29) is 5.91 Å². The summed E-state index contributed by atoms with van der Waals surface area (Å²) in [6, 6.07) is 16.3. The van der Waals surface area contributed by atoms with Crippen molar-refractivity contribution in [3.63, 3.8) is 0 Å². The predicted octanol–water partition coefficient (Wildman–Crippen LogP) is 2.06. The van der Waals surface area contributed by atoms with Gasteiger partial charge in [0, 0.05) is 0 Å². The molecule has 2 aromatic carbocycles. The molecule has 0 saturated heterocycles. The third kappa shape index (κ3) is 2.87. The number of H-pyrrole nitrogens is 1. The molecule has 4 heteroatoms. The molecule has 0 atom stereocenters. The van der Waals surface area contributed by atoms with Gasteiger partial charge in [-0.1, -0.05) is 0 Å². The van der Waals surface area contributed by atoms with Crippen molar-refractivity contribution in [2.24, 2.45) is 0 Å². The van der Waals surface area contributed by atoms with Crippen molar-refractivity contribution >= 4 is 36.2 Å². The Balaban J connectivity index is 1.94. The molecule has 2 N–H and O–H groups in total. The number of carbonyl (C=O) groups excluding carboxylic acids is 1. The first-order chi connectivity index (χ1) is 10.3. The summed E-state index contributed by atoms with van der Waals surface area (Å²) in [6.45, 7) is 0. The number of nitrogens with one attached hydrogen (secondary N) is 2. The Morgan fingerprint density at radius 2 is 1.95 bits per heavy atom. The van der Waals surface area contributed by atoms with Gasteiger partial charge in [-0.2, -0.15) is 0 Å². The first kappa shape index (κ1) is 13.9. The van der Waals surface area contributed by atoms with E-state index in [1.807, 2.05) is 30.5 Å². The molecule has 106 valence electrons. The van der Waals surface area contributed by atoms with Crippen LogP contribution in [0, 0.1) is 0 Å². The summed E-state index contributed by atoms with van der Waals surface area (Å²) in [6.07, 6.45) is 2.04. The molecule has 1 heterocycles. The van der Waals surface area contributed by atoms with E-state index in [9.17, 15) is 4.79 Å². The molecule has 0 saturated carbocycles. The number of aromatic nitrogens is 1. The van der Waals surface area contributed by atoms with E-state index in [1.54, 1.807) is 7.05 Å². The second-order valence-electron chi connectivity index (χ2n) is 4.73. The maximum absolute atomic E-state index is 12.0. The molecule has 1 amide bonds. The quantitative estimate of drug-likeness (QED) is 0.700. The van der Waals surface area contributed by atoms with Gasteiger partial charge in [0.1, 0.15) is 0 Å². The number of hydrogen-bond donors (Lipinski definition) is 2. The van der Waals surface area contributed by atoms with Crippen LogP contribution in [-0.4, -0.2) is 32.9 Å². The number of rotatable bonds is 4. The van der Waals surface area contributed by atoms with Gasteiger partial charge in [-0.3, -0.25) is 0 Å². The molecule has 3 nitrogen and oxygen atoms in total. The van der Waals surface area contributed by atoms with Gasteiger partial charge >= 0.3 is 130 Å². The average Bonchev–Trinajstić information content (AvgIpc) is 2.96. The molecule has 0 unspecified atom stereocenters. The summed E-state index contributed by atoms with van der Waals surface area (Å²) < 4.78 is 1.25. The van der Waals surface area contributed by atoms with Gasteiger partial charge in [0.15, 0.2) is 0 Å². The number of carbonyl (C=O) groups is 1. The molecular weight excluding hydrogens is 327 g/mol. The van der Waals surface area contributed by atoms with Crippen LogP contribution in [0.4, 0.5) is 0 Å². The zero-order chi connectivity index (χ0) is 14.7. The Labute approximate surface area is 129 Å². The topological polar surface area (TPSA) is 44.9 Å². The van der Waals surface area contributed by atoms with Crippen LogP contribution in [0.2, 0.25) is 0 Å². The summed E-state index contributed by atoms with van der Waals surface area (Å²) in [4.78, 5) is 15.3. The van der Waals surface area contributed by atoms with Crippen LogP contribution < -0.4 is 9.78 Å². The fraction of sp³-hybridized carbons (Fsp3) is 0.118. The monoisotopic (exact) mass is 344 g/mol. The molecule has 3 aromatic rings. The third-order valence-corrected chi connectivity index (χ3v) is 5.71. The van der Waals surface area contributed by atoms with Crippen molar-refractivity contribution in [2.45, 2.75) is 5.32 Å². The van der Waals surface area contributed by atoms with E-state index >= 15 is 0 Å². The summed E-state index contributed by atoms with van der Waals surface area (Å²) in [7, 11) is 1.67. The maximum atomic E-state index is 12.0. The second-order valence-corrected chi connectivity index (χ2v) is 6.87. The minimum atomic E-state index is -0.0306. The van der Waals surface area contributed by atoms with E-state index in [4.69, 9.17) is 0 Å². The second kappa shape index (κ2) is 6.17. The molecule has 0 spiro atoms. The van der Waals surface area contributed by atoms with E-state index in [0.29, 0.717) is 15.0 Å². The molecule has 0 aliphatic heterocycles. The Hall–Kier alpha value is -2.03. The van der Waals surface area contributed by atoms with Crippen molar-refractivity contribution < 1.29 is 4.79 Å². The van der Waals surface area contributed by atoms with Crippen LogP contribution in [-0.2, 0) is 5.32 Å². The van der Waals surface area contributed by atoms with Crippen molar-refractivity contribution in [1.82, 2.24) is 10.3 Å². The van der Waals surface area contributed by atoms with Crippen molar-refractivity contribution in [1.29, 1.82) is 0 Å². The Morgan fingerprint density at radius 1 is 1.14 bits per heavy atom. The molecule has 21 heavy (non-hydrogen) atoms. The normalized spacial score (nSPS) is 10.7. The molecule has 3 rings (SSSR count). The molecule has 1 aromatic heterocycles. The van der Waals surface area contributed by atoms with Crippen LogP contribution in [0.1, 0.15) is 15.9 Å². The van der Waals surface area contributed by atoms with E-state index in [0.717, 1.165) is 21.8 Å². The van der Waals surface area contributed by atoms with Crippen LogP contribution >= 0.6 is 0 Å².